The van der Waals surface area contributed by atoms with Crippen molar-refractivity contribution in [1.29, 1.82) is 0 Å². The smallest absolute Gasteiger partial charge is 0.274 e. The number of hydrogen-bond acceptors (Lipinski definition) is 6. The first-order valence-electron chi connectivity index (χ1n) is 9.44. The standard InChI is InChI=1S/C22H20N6O2/c1-15(29)13-28-14-25-27-21(28)17-3-2-4-19(11-17)26-22(30)20-6-5-18(12-24-20)16-7-9-23-10-8-16/h2-12,14-15,29H,13H2,1H3,(H,26,30)/t15-/m1/s1. The van der Waals surface area contributed by atoms with Crippen LogP contribution in [0.15, 0.2) is 73.4 Å². The lowest BCUT2D eigenvalue weighted by Crippen LogP contribution is -2.14. The van der Waals surface area contributed by atoms with Crippen LogP contribution in [-0.4, -0.2) is 41.9 Å². The van der Waals surface area contributed by atoms with Gasteiger partial charge in [-0.05, 0) is 42.8 Å². The normalized spacial score (nSPS) is 11.8. The van der Waals surface area contributed by atoms with E-state index in [-0.39, 0.29) is 5.91 Å². The summed E-state index contributed by atoms with van der Waals surface area (Å²) in [5, 5.41) is 20.6. The average molecular weight is 400 g/mol. The summed E-state index contributed by atoms with van der Waals surface area (Å²) >= 11 is 0. The highest BCUT2D eigenvalue weighted by atomic mass is 16.3. The number of amides is 1. The highest BCUT2D eigenvalue weighted by molar-refractivity contribution is 6.03. The van der Waals surface area contributed by atoms with Gasteiger partial charge in [0.25, 0.3) is 5.91 Å². The van der Waals surface area contributed by atoms with Gasteiger partial charge < -0.3 is 15.0 Å². The van der Waals surface area contributed by atoms with Crippen molar-refractivity contribution in [2.75, 3.05) is 5.32 Å². The third-order valence-corrected chi connectivity index (χ3v) is 4.46. The number of anilines is 1. The van der Waals surface area contributed by atoms with Crippen LogP contribution in [0.3, 0.4) is 0 Å². The number of hydrogen-bond donors (Lipinski definition) is 2. The maximum atomic E-state index is 12.6. The zero-order valence-corrected chi connectivity index (χ0v) is 16.3. The minimum absolute atomic E-state index is 0.307. The van der Waals surface area contributed by atoms with E-state index in [1.807, 2.05) is 36.4 Å². The van der Waals surface area contributed by atoms with Crippen LogP contribution in [0.25, 0.3) is 22.5 Å². The summed E-state index contributed by atoms with van der Waals surface area (Å²) < 4.78 is 1.77. The van der Waals surface area contributed by atoms with Gasteiger partial charge in [-0.1, -0.05) is 18.2 Å². The van der Waals surface area contributed by atoms with Crippen molar-refractivity contribution in [2.45, 2.75) is 19.6 Å². The number of aromatic nitrogens is 5. The van der Waals surface area contributed by atoms with E-state index in [0.29, 0.717) is 23.8 Å². The Balaban J connectivity index is 1.50. The molecule has 4 aromatic rings. The summed E-state index contributed by atoms with van der Waals surface area (Å²) in [5.41, 5.74) is 3.61. The Morgan fingerprint density at radius 2 is 1.93 bits per heavy atom. The van der Waals surface area contributed by atoms with Crippen molar-refractivity contribution in [3.63, 3.8) is 0 Å². The van der Waals surface area contributed by atoms with E-state index in [9.17, 15) is 9.90 Å². The van der Waals surface area contributed by atoms with Crippen LogP contribution in [0.2, 0.25) is 0 Å². The van der Waals surface area contributed by atoms with E-state index in [2.05, 4.69) is 25.5 Å². The molecule has 8 heteroatoms. The molecule has 0 fully saturated rings. The van der Waals surface area contributed by atoms with Crippen molar-refractivity contribution in [1.82, 2.24) is 24.7 Å². The number of rotatable bonds is 6. The molecule has 0 saturated carbocycles. The quantitative estimate of drug-likeness (QED) is 0.515. The molecule has 30 heavy (non-hydrogen) atoms. The second kappa shape index (κ2) is 8.62. The van der Waals surface area contributed by atoms with Gasteiger partial charge in [-0.2, -0.15) is 0 Å². The number of aliphatic hydroxyl groups excluding tert-OH is 1. The van der Waals surface area contributed by atoms with Gasteiger partial charge in [-0.15, -0.1) is 10.2 Å². The van der Waals surface area contributed by atoms with Gasteiger partial charge in [-0.3, -0.25) is 14.8 Å². The molecular weight excluding hydrogens is 380 g/mol. The predicted octanol–water partition coefficient (Wildman–Crippen LogP) is 3.04. The Bertz CT molecular complexity index is 1140. The zero-order chi connectivity index (χ0) is 20.9. The fraction of sp³-hybridized carbons (Fsp3) is 0.136. The van der Waals surface area contributed by atoms with Crippen molar-refractivity contribution in [3.8, 4) is 22.5 Å². The summed E-state index contributed by atoms with van der Waals surface area (Å²) in [7, 11) is 0. The van der Waals surface area contributed by atoms with Crippen molar-refractivity contribution >= 4 is 11.6 Å². The van der Waals surface area contributed by atoms with Crippen LogP contribution in [0.5, 0.6) is 0 Å². The fourth-order valence-electron chi connectivity index (χ4n) is 3.07. The van der Waals surface area contributed by atoms with Gasteiger partial charge in [0.1, 0.15) is 12.0 Å². The van der Waals surface area contributed by atoms with E-state index < -0.39 is 6.10 Å². The van der Waals surface area contributed by atoms with Crippen molar-refractivity contribution < 1.29 is 9.90 Å². The molecule has 4 rings (SSSR count). The largest absolute Gasteiger partial charge is 0.392 e. The molecule has 1 aromatic carbocycles. The molecule has 0 radical (unpaired) electrons. The van der Waals surface area contributed by atoms with E-state index >= 15 is 0 Å². The highest BCUT2D eigenvalue weighted by Crippen LogP contribution is 2.22. The van der Waals surface area contributed by atoms with Gasteiger partial charge in [-0.25, -0.2) is 0 Å². The van der Waals surface area contributed by atoms with E-state index in [1.165, 1.54) is 0 Å². The molecule has 1 atom stereocenters. The minimum Gasteiger partial charge on any atom is -0.392 e. The Hall–Kier alpha value is -3.91. The molecule has 0 spiro atoms. The Morgan fingerprint density at radius 3 is 2.67 bits per heavy atom. The fourth-order valence-corrected chi connectivity index (χ4v) is 3.07. The van der Waals surface area contributed by atoms with Crippen LogP contribution in [0.1, 0.15) is 17.4 Å². The summed E-state index contributed by atoms with van der Waals surface area (Å²) in [4.78, 5) is 20.9. The number of nitrogens with zero attached hydrogens (tertiary/aromatic N) is 5. The summed E-state index contributed by atoms with van der Waals surface area (Å²) in [6, 6.07) is 14.6. The average Bonchev–Trinajstić information content (AvgIpc) is 3.22. The van der Waals surface area contributed by atoms with Crippen LogP contribution in [-0.2, 0) is 6.54 Å². The maximum Gasteiger partial charge on any atom is 0.274 e. The molecule has 0 aliphatic rings. The lowest BCUT2D eigenvalue weighted by Gasteiger charge is -2.10. The lowest BCUT2D eigenvalue weighted by atomic mass is 10.1. The number of benzene rings is 1. The molecule has 8 nitrogen and oxygen atoms in total. The number of carbonyl (C=O) groups is 1. The molecule has 0 saturated heterocycles. The van der Waals surface area contributed by atoms with Gasteiger partial charge >= 0.3 is 0 Å². The first kappa shape index (κ1) is 19.4. The van der Waals surface area contributed by atoms with Gasteiger partial charge in [0.15, 0.2) is 5.82 Å². The molecule has 3 aromatic heterocycles. The van der Waals surface area contributed by atoms with E-state index in [0.717, 1.165) is 16.7 Å². The summed E-state index contributed by atoms with van der Waals surface area (Å²) in [5.74, 6) is 0.311. The Kier molecular flexibility index (Phi) is 5.58. The van der Waals surface area contributed by atoms with Crippen LogP contribution >= 0.6 is 0 Å². The summed E-state index contributed by atoms with van der Waals surface area (Å²) in [6.07, 6.45) is 6.14. The second-order valence-corrected chi connectivity index (χ2v) is 6.86. The Labute approximate surface area is 173 Å². The lowest BCUT2D eigenvalue weighted by molar-refractivity contribution is 0.102. The number of carbonyl (C=O) groups excluding carboxylic acids is 1. The highest BCUT2D eigenvalue weighted by Gasteiger charge is 2.12. The van der Waals surface area contributed by atoms with Crippen LogP contribution < -0.4 is 5.32 Å². The SMILES string of the molecule is C[C@@H](O)Cn1cnnc1-c1cccc(NC(=O)c2ccc(-c3ccncc3)cn2)c1. The number of pyridine rings is 2. The van der Waals surface area contributed by atoms with Gasteiger partial charge in [0.2, 0.25) is 0 Å². The van der Waals surface area contributed by atoms with E-state index in [4.69, 9.17) is 0 Å². The zero-order valence-electron chi connectivity index (χ0n) is 16.3. The first-order valence-corrected chi connectivity index (χ1v) is 9.44. The molecule has 0 unspecified atom stereocenters. The molecule has 0 aliphatic heterocycles. The molecule has 150 valence electrons. The topological polar surface area (TPSA) is 106 Å². The van der Waals surface area contributed by atoms with Crippen molar-refractivity contribution in [3.05, 3.63) is 79.1 Å². The molecule has 1 amide bonds. The third kappa shape index (κ3) is 4.39. The predicted molar refractivity (Wildman–Crippen MR) is 113 cm³/mol. The van der Waals surface area contributed by atoms with Crippen LogP contribution in [0, 0.1) is 0 Å². The monoisotopic (exact) mass is 400 g/mol. The molecule has 0 aliphatic carbocycles. The van der Waals surface area contributed by atoms with Crippen LogP contribution in [0.4, 0.5) is 5.69 Å². The van der Waals surface area contributed by atoms with Gasteiger partial charge in [0.05, 0.1) is 12.6 Å². The number of aliphatic hydroxyl groups is 1. The summed E-state index contributed by atoms with van der Waals surface area (Å²) in [6.45, 7) is 2.08. The maximum absolute atomic E-state index is 12.6. The second-order valence-electron chi connectivity index (χ2n) is 6.86. The molecule has 0 bridgehead atoms. The van der Waals surface area contributed by atoms with Crippen molar-refractivity contribution in [2.24, 2.45) is 0 Å². The van der Waals surface area contributed by atoms with E-state index in [1.54, 1.807) is 48.5 Å². The molecule has 2 N–H and O–H groups in total. The Morgan fingerprint density at radius 1 is 1.10 bits per heavy atom. The molecule has 3 heterocycles. The number of nitrogens with one attached hydrogen (secondary N) is 1. The molecular formula is C22H20N6O2. The van der Waals surface area contributed by atoms with Gasteiger partial charge in [0, 0.05) is 35.4 Å². The third-order valence-electron chi connectivity index (χ3n) is 4.46. The first-order chi connectivity index (χ1) is 14.6. The minimum atomic E-state index is -0.524.